The fraction of sp³-hybridized carbons (Fsp3) is 0.250. The van der Waals surface area contributed by atoms with Gasteiger partial charge in [0.2, 0.25) is 0 Å². The van der Waals surface area contributed by atoms with Gasteiger partial charge in [0.25, 0.3) is 0 Å². The van der Waals surface area contributed by atoms with Crippen LogP contribution < -0.4 is 5.32 Å². The number of hydrogen-bond acceptors (Lipinski definition) is 5. The first-order valence-corrected chi connectivity index (χ1v) is 6.06. The Kier molecular flexibility index (Phi) is 3.31. The first kappa shape index (κ1) is 11.9. The number of rotatable bonds is 3. The molecule has 0 amide bonds. The van der Waals surface area contributed by atoms with Gasteiger partial charge in [0.15, 0.2) is 11.5 Å². The molecule has 3 N–H and O–H groups in total. The molecule has 0 bridgehead atoms. The van der Waals surface area contributed by atoms with Gasteiger partial charge < -0.3 is 15.5 Å². The fourth-order valence-electron chi connectivity index (χ4n) is 1.53. The summed E-state index contributed by atoms with van der Waals surface area (Å²) in [6.07, 6.45) is 0. The third-order valence-corrected chi connectivity index (χ3v) is 3.66. The van der Waals surface area contributed by atoms with E-state index in [-0.39, 0.29) is 11.5 Å². The smallest absolute Gasteiger partial charge is 0.158 e. The van der Waals surface area contributed by atoms with Gasteiger partial charge in [0.1, 0.15) is 5.01 Å². The Morgan fingerprint density at radius 3 is 2.71 bits per heavy atom. The van der Waals surface area contributed by atoms with E-state index in [1.165, 1.54) is 17.0 Å². The van der Waals surface area contributed by atoms with Crippen molar-refractivity contribution in [3.63, 3.8) is 0 Å². The second kappa shape index (κ2) is 4.73. The molecule has 0 radical (unpaired) electrons. The summed E-state index contributed by atoms with van der Waals surface area (Å²) >= 11 is 1.59. The molecule has 0 unspecified atom stereocenters. The van der Waals surface area contributed by atoms with Crippen LogP contribution in [0, 0.1) is 6.92 Å². The molecule has 0 aliphatic rings. The van der Waals surface area contributed by atoms with Crippen molar-refractivity contribution in [3.8, 4) is 22.1 Å². The Hall–Kier alpha value is -1.59. The minimum Gasteiger partial charge on any atom is -0.504 e. The number of hydrogen-bond donors (Lipinski definition) is 3. The van der Waals surface area contributed by atoms with Crippen LogP contribution in [0.1, 0.15) is 10.6 Å². The second-order valence-corrected chi connectivity index (χ2v) is 4.85. The Morgan fingerprint density at radius 2 is 2.06 bits per heavy atom. The predicted molar refractivity (Wildman–Crippen MR) is 68.4 cm³/mol. The molecule has 0 aliphatic carbocycles. The van der Waals surface area contributed by atoms with Crippen LogP contribution in [0.3, 0.4) is 0 Å². The highest BCUT2D eigenvalue weighted by Crippen LogP contribution is 2.33. The largest absolute Gasteiger partial charge is 0.504 e. The molecular weight excluding hydrogens is 236 g/mol. The molecule has 0 atom stereocenters. The van der Waals surface area contributed by atoms with Crippen LogP contribution in [0.2, 0.25) is 0 Å². The number of nitrogens with one attached hydrogen (secondary N) is 1. The Labute approximate surface area is 104 Å². The summed E-state index contributed by atoms with van der Waals surface area (Å²) in [6.45, 7) is 2.75. The van der Waals surface area contributed by atoms with E-state index >= 15 is 0 Å². The Balaban J connectivity index is 2.39. The average Bonchev–Trinajstić information content (AvgIpc) is 2.65. The standard InChI is InChI=1S/C12H14N2O2S/c1-7-11(6-13-2)17-12(14-7)8-3-4-9(15)10(16)5-8/h3-5,13,15-16H,6H2,1-2H3. The normalized spacial score (nSPS) is 10.7. The molecule has 90 valence electrons. The van der Waals surface area contributed by atoms with Crippen LogP contribution in [0.25, 0.3) is 10.6 Å². The molecule has 1 heterocycles. The highest BCUT2D eigenvalue weighted by atomic mass is 32.1. The van der Waals surface area contributed by atoms with Gasteiger partial charge in [-0.05, 0) is 32.2 Å². The van der Waals surface area contributed by atoms with Crippen molar-refractivity contribution in [1.82, 2.24) is 10.3 Å². The monoisotopic (exact) mass is 250 g/mol. The van der Waals surface area contributed by atoms with E-state index in [2.05, 4.69) is 10.3 Å². The summed E-state index contributed by atoms with van der Waals surface area (Å²) in [7, 11) is 1.89. The van der Waals surface area contributed by atoms with Gasteiger partial charge in [-0.15, -0.1) is 11.3 Å². The van der Waals surface area contributed by atoms with Gasteiger partial charge in [-0.3, -0.25) is 0 Å². The lowest BCUT2D eigenvalue weighted by atomic mass is 10.2. The Morgan fingerprint density at radius 1 is 1.29 bits per heavy atom. The van der Waals surface area contributed by atoms with Gasteiger partial charge in [-0.1, -0.05) is 0 Å². The van der Waals surface area contributed by atoms with Gasteiger partial charge >= 0.3 is 0 Å². The molecule has 0 aliphatic heterocycles. The molecule has 2 aromatic rings. The number of phenolic OH excluding ortho intramolecular Hbond substituents is 2. The number of phenols is 2. The van der Waals surface area contributed by atoms with Crippen LogP contribution in [0.15, 0.2) is 18.2 Å². The average molecular weight is 250 g/mol. The van der Waals surface area contributed by atoms with Crippen LogP contribution in [-0.4, -0.2) is 22.2 Å². The lowest BCUT2D eigenvalue weighted by molar-refractivity contribution is 0.404. The number of nitrogens with zero attached hydrogens (tertiary/aromatic N) is 1. The van der Waals surface area contributed by atoms with Gasteiger partial charge in [-0.25, -0.2) is 4.98 Å². The highest BCUT2D eigenvalue weighted by Gasteiger charge is 2.10. The van der Waals surface area contributed by atoms with Gasteiger partial charge in [-0.2, -0.15) is 0 Å². The zero-order valence-corrected chi connectivity index (χ0v) is 10.5. The van der Waals surface area contributed by atoms with E-state index in [1.807, 2.05) is 14.0 Å². The van der Waals surface area contributed by atoms with Crippen LogP contribution >= 0.6 is 11.3 Å². The highest BCUT2D eigenvalue weighted by molar-refractivity contribution is 7.15. The lowest BCUT2D eigenvalue weighted by Gasteiger charge is -1.99. The maximum Gasteiger partial charge on any atom is 0.158 e. The molecule has 0 saturated heterocycles. The molecule has 0 fully saturated rings. The molecule has 17 heavy (non-hydrogen) atoms. The maximum absolute atomic E-state index is 9.46. The van der Waals surface area contributed by atoms with Gasteiger partial charge in [0.05, 0.1) is 5.69 Å². The van der Waals surface area contributed by atoms with Crippen molar-refractivity contribution < 1.29 is 10.2 Å². The fourth-order valence-corrected chi connectivity index (χ4v) is 2.60. The zero-order valence-electron chi connectivity index (χ0n) is 9.69. The van der Waals surface area contributed by atoms with Crippen LogP contribution in [0.5, 0.6) is 11.5 Å². The van der Waals surface area contributed by atoms with E-state index in [0.29, 0.717) is 0 Å². The number of thiazole rings is 1. The summed E-state index contributed by atoms with van der Waals surface area (Å²) in [5.74, 6) is -0.233. The molecule has 2 rings (SSSR count). The lowest BCUT2D eigenvalue weighted by Crippen LogP contribution is -2.04. The molecule has 5 heteroatoms. The van der Waals surface area contributed by atoms with Crippen molar-refractivity contribution in [2.24, 2.45) is 0 Å². The third kappa shape index (κ3) is 2.40. The molecule has 1 aromatic carbocycles. The van der Waals surface area contributed by atoms with E-state index in [1.54, 1.807) is 17.4 Å². The number of aromatic nitrogens is 1. The molecule has 0 saturated carbocycles. The Bertz CT molecular complexity index is 537. The van der Waals surface area contributed by atoms with E-state index in [0.717, 1.165) is 22.8 Å². The maximum atomic E-state index is 9.46. The summed E-state index contributed by atoms with van der Waals surface area (Å²) in [5.41, 5.74) is 1.81. The van der Waals surface area contributed by atoms with Crippen molar-refractivity contribution in [3.05, 3.63) is 28.8 Å². The SMILES string of the molecule is CNCc1sc(-c2ccc(O)c(O)c2)nc1C. The zero-order chi connectivity index (χ0) is 12.4. The van der Waals surface area contributed by atoms with Gasteiger partial charge in [0, 0.05) is 17.0 Å². The minimum absolute atomic E-state index is 0.113. The molecule has 4 nitrogen and oxygen atoms in total. The molecule has 1 aromatic heterocycles. The molecular formula is C12H14N2O2S. The van der Waals surface area contributed by atoms with E-state index < -0.39 is 0 Å². The topological polar surface area (TPSA) is 65.4 Å². The van der Waals surface area contributed by atoms with Crippen LogP contribution in [0.4, 0.5) is 0 Å². The van der Waals surface area contributed by atoms with Crippen molar-refractivity contribution in [2.45, 2.75) is 13.5 Å². The summed E-state index contributed by atoms with van der Waals surface area (Å²) in [4.78, 5) is 5.63. The first-order valence-electron chi connectivity index (χ1n) is 5.25. The van der Waals surface area contributed by atoms with Crippen molar-refractivity contribution >= 4 is 11.3 Å². The van der Waals surface area contributed by atoms with Crippen LogP contribution in [-0.2, 0) is 6.54 Å². The minimum atomic E-state index is -0.120. The van der Waals surface area contributed by atoms with Crippen molar-refractivity contribution in [1.29, 1.82) is 0 Å². The predicted octanol–water partition coefficient (Wildman–Crippen LogP) is 2.25. The first-order chi connectivity index (χ1) is 8.11. The van der Waals surface area contributed by atoms with E-state index in [9.17, 15) is 10.2 Å². The van der Waals surface area contributed by atoms with E-state index in [4.69, 9.17) is 0 Å². The summed E-state index contributed by atoms with van der Waals surface area (Å²) < 4.78 is 0. The second-order valence-electron chi connectivity index (χ2n) is 3.76. The summed E-state index contributed by atoms with van der Waals surface area (Å²) in [6, 6.07) is 4.74. The quantitative estimate of drug-likeness (QED) is 0.731. The summed E-state index contributed by atoms with van der Waals surface area (Å²) in [5, 5.41) is 22.7. The van der Waals surface area contributed by atoms with Crippen molar-refractivity contribution in [2.75, 3.05) is 7.05 Å². The number of aryl methyl sites for hydroxylation is 1. The number of aromatic hydroxyl groups is 2. The molecule has 0 spiro atoms. The third-order valence-electron chi connectivity index (χ3n) is 2.45. The number of benzene rings is 1.